The second-order valence-electron chi connectivity index (χ2n) is 7.81. The molecule has 4 aromatic rings. The molecule has 0 saturated heterocycles. The Bertz CT molecular complexity index is 1190. The number of benzene rings is 3. The van der Waals surface area contributed by atoms with E-state index in [1.54, 1.807) is 0 Å². The Labute approximate surface area is 184 Å². The van der Waals surface area contributed by atoms with Crippen molar-refractivity contribution in [3.63, 3.8) is 0 Å². The maximum atomic E-state index is 14.0. The molecule has 1 heterocycles. The molecule has 0 radical (unpaired) electrons. The normalized spacial score (nSPS) is 10.9. The Morgan fingerprint density at radius 3 is 1.71 bits per heavy atom. The number of hydrogen-bond acceptors (Lipinski definition) is 1. The second-order valence-corrected chi connectivity index (χ2v) is 7.81. The monoisotopic (exact) mass is 407 g/mol. The summed E-state index contributed by atoms with van der Waals surface area (Å²) in [6.07, 6.45) is 2.55. The number of pyridine rings is 1. The lowest BCUT2D eigenvalue weighted by molar-refractivity contribution is 0.670. The minimum Gasteiger partial charge on any atom is -0.307 e. The van der Waals surface area contributed by atoms with E-state index >= 15 is 0 Å². The number of nitrogens with zero attached hydrogens (tertiary/aromatic N) is 1. The van der Waals surface area contributed by atoms with Crippen LogP contribution in [0, 0.1) is 0 Å². The molecule has 0 fully saturated rings. The highest BCUT2D eigenvalue weighted by Crippen LogP contribution is 2.32. The zero-order valence-electron chi connectivity index (χ0n) is 18.3. The van der Waals surface area contributed by atoms with Crippen molar-refractivity contribution < 1.29 is 0 Å². The van der Waals surface area contributed by atoms with Gasteiger partial charge in [0.2, 0.25) is 0 Å². The van der Waals surface area contributed by atoms with E-state index in [0.29, 0.717) is 6.54 Å². The van der Waals surface area contributed by atoms with Gasteiger partial charge >= 0.3 is 0 Å². The molecule has 1 aromatic heterocycles. The predicted octanol–water partition coefficient (Wildman–Crippen LogP) is 6.55. The molecule has 0 saturated carbocycles. The van der Waals surface area contributed by atoms with Crippen LogP contribution in [-0.4, -0.2) is 4.57 Å². The van der Waals surface area contributed by atoms with Crippen LogP contribution in [0.5, 0.6) is 0 Å². The maximum Gasteiger partial charge on any atom is 0.259 e. The van der Waals surface area contributed by atoms with Crippen LogP contribution in [0.4, 0.5) is 0 Å². The third-order valence-corrected chi connectivity index (χ3v) is 5.96. The van der Waals surface area contributed by atoms with Gasteiger partial charge in [0.05, 0.1) is 11.3 Å². The first-order valence-electron chi connectivity index (χ1n) is 11.2. The van der Waals surface area contributed by atoms with Gasteiger partial charge in [-0.05, 0) is 47.1 Å². The molecule has 2 heteroatoms. The van der Waals surface area contributed by atoms with Crippen molar-refractivity contribution in [2.75, 3.05) is 0 Å². The van der Waals surface area contributed by atoms with E-state index in [4.69, 9.17) is 0 Å². The zero-order chi connectivity index (χ0) is 21.6. The molecule has 0 spiro atoms. The largest absolute Gasteiger partial charge is 0.307 e. The van der Waals surface area contributed by atoms with Crippen molar-refractivity contribution in [1.82, 2.24) is 4.57 Å². The van der Waals surface area contributed by atoms with Crippen molar-refractivity contribution in [2.45, 2.75) is 39.7 Å². The summed E-state index contributed by atoms with van der Waals surface area (Å²) in [4.78, 5) is 14.0. The van der Waals surface area contributed by atoms with Gasteiger partial charge in [0.1, 0.15) is 0 Å². The molecule has 2 nitrogen and oxygen atoms in total. The van der Waals surface area contributed by atoms with E-state index in [1.165, 1.54) is 16.7 Å². The average molecular weight is 408 g/mol. The first kappa shape index (κ1) is 20.9. The smallest absolute Gasteiger partial charge is 0.259 e. The van der Waals surface area contributed by atoms with Crippen molar-refractivity contribution in [3.8, 4) is 22.4 Å². The molecule has 4 rings (SSSR count). The molecule has 156 valence electrons. The summed E-state index contributed by atoms with van der Waals surface area (Å²) in [5.74, 6) is 0. The van der Waals surface area contributed by atoms with Crippen LogP contribution in [-0.2, 0) is 25.8 Å². The minimum atomic E-state index is 0.107. The fourth-order valence-corrected chi connectivity index (χ4v) is 4.52. The Morgan fingerprint density at radius 1 is 0.645 bits per heavy atom. The number of rotatable bonds is 7. The Morgan fingerprint density at radius 2 is 1.16 bits per heavy atom. The third kappa shape index (κ3) is 4.25. The van der Waals surface area contributed by atoms with E-state index < -0.39 is 0 Å². The molecule has 0 aliphatic rings. The molecule has 0 bridgehead atoms. The SMILES string of the molecule is CCc1c(CC)c(-c2ccccc2)n(CCc2ccccc2)c(=O)c1-c1ccccc1. The third-order valence-electron chi connectivity index (χ3n) is 5.96. The first-order chi connectivity index (χ1) is 15.2. The van der Waals surface area contributed by atoms with Crippen LogP contribution >= 0.6 is 0 Å². The summed E-state index contributed by atoms with van der Waals surface area (Å²) in [5, 5.41) is 0. The van der Waals surface area contributed by atoms with E-state index in [1.807, 2.05) is 34.9 Å². The number of aromatic nitrogens is 1. The molecule has 0 aliphatic carbocycles. The fourth-order valence-electron chi connectivity index (χ4n) is 4.52. The highest BCUT2D eigenvalue weighted by atomic mass is 16.1. The number of aryl methyl sites for hydroxylation is 1. The summed E-state index contributed by atoms with van der Waals surface area (Å²) < 4.78 is 2.02. The van der Waals surface area contributed by atoms with Gasteiger partial charge in [-0.3, -0.25) is 4.79 Å². The second kappa shape index (κ2) is 9.61. The van der Waals surface area contributed by atoms with Gasteiger partial charge in [-0.25, -0.2) is 0 Å². The van der Waals surface area contributed by atoms with E-state index in [0.717, 1.165) is 41.6 Å². The zero-order valence-corrected chi connectivity index (χ0v) is 18.3. The Kier molecular flexibility index (Phi) is 6.47. The van der Waals surface area contributed by atoms with Crippen LogP contribution in [0.25, 0.3) is 22.4 Å². The molecule has 0 unspecified atom stereocenters. The molecule has 3 aromatic carbocycles. The summed E-state index contributed by atoms with van der Waals surface area (Å²) in [6.45, 7) is 5.01. The molecular weight excluding hydrogens is 378 g/mol. The lowest BCUT2D eigenvalue weighted by Gasteiger charge is -2.23. The van der Waals surface area contributed by atoms with Gasteiger partial charge < -0.3 is 4.57 Å². The van der Waals surface area contributed by atoms with Gasteiger partial charge in [-0.2, -0.15) is 0 Å². The van der Waals surface area contributed by atoms with Gasteiger partial charge in [-0.1, -0.05) is 105 Å². The van der Waals surface area contributed by atoms with Crippen LogP contribution < -0.4 is 5.56 Å². The Hall–Kier alpha value is -3.39. The van der Waals surface area contributed by atoms with Crippen LogP contribution in [0.2, 0.25) is 0 Å². The molecule has 31 heavy (non-hydrogen) atoms. The first-order valence-corrected chi connectivity index (χ1v) is 11.2. The summed E-state index contributed by atoms with van der Waals surface area (Å²) >= 11 is 0. The highest BCUT2D eigenvalue weighted by Gasteiger charge is 2.21. The number of hydrogen-bond donors (Lipinski definition) is 0. The van der Waals surface area contributed by atoms with Crippen molar-refractivity contribution >= 4 is 0 Å². The highest BCUT2D eigenvalue weighted by molar-refractivity contribution is 5.74. The topological polar surface area (TPSA) is 22.0 Å². The predicted molar refractivity (Wildman–Crippen MR) is 130 cm³/mol. The fraction of sp³-hybridized carbons (Fsp3) is 0.207. The average Bonchev–Trinajstić information content (AvgIpc) is 2.84. The van der Waals surface area contributed by atoms with E-state index in [2.05, 4.69) is 74.5 Å². The molecule has 0 atom stereocenters. The maximum absolute atomic E-state index is 14.0. The van der Waals surface area contributed by atoms with Crippen LogP contribution in [0.1, 0.15) is 30.5 Å². The minimum absolute atomic E-state index is 0.107. The standard InChI is InChI=1S/C29H29NO/c1-3-25-26(4-2)28(24-18-12-7-13-19-24)30(21-20-22-14-8-5-9-15-22)29(31)27(25)23-16-10-6-11-17-23/h5-19H,3-4,20-21H2,1-2H3. The quantitative estimate of drug-likeness (QED) is 0.340. The van der Waals surface area contributed by atoms with Gasteiger partial charge in [-0.15, -0.1) is 0 Å². The summed E-state index contributed by atoms with van der Waals surface area (Å²) in [5.41, 5.74) is 7.84. The molecule has 0 N–H and O–H groups in total. The van der Waals surface area contributed by atoms with Crippen molar-refractivity contribution in [2.24, 2.45) is 0 Å². The molecule has 0 amide bonds. The lowest BCUT2D eigenvalue weighted by Crippen LogP contribution is -2.28. The van der Waals surface area contributed by atoms with Crippen molar-refractivity contribution in [1.29, 1.82) is 0 Å². The summed E-state index contributed by atoms with van der Waals surface area (Å²) in [6, 6.07) is 30.9. The van der Waals surface area contributed by atoms with E-state index in [9.17, 15) is 4.79 Å². The molecule has 0 aliphatic heterocycles. The van der Waals surface area contributed by atoms with Gasteiger partial charge in [0, 0.05) is 6.54 Å². The van der Waals surface area contributed by atoms with E-state index in [-0.39, 0.29) is 5.56 Å². The van der Waals surface area contributed by atoms with Crippen molar-refractivity contribution in [3.05, 3.63) is 118 Å². The van der Waals surface area contributed by atoms with Crippen LogP contribution in [0.15, 0.2) is 95.8 Å². The lowest BCUT2D eigenvalue weighted by atomic mass is 9.90. The van der Waals surface area contributed by atoms with Crippen LogP contribution in [0.3, 0.4) is 0 Å². The Balaban J connectivity index is 1.98. The van der Waals surface area contributed by atoms with Gasteiger partial charge in [0.15, 0.2) is 0 Å². The summed E-state index contributed by atoms with van der Waals surface area (Å²) in [7, 11) is 0. The molecular formula is C29H29NO. The van der Waals surface area contributed by atoms with Gasteiger partial charge in [0.25, 0.3) is 5.56 Å².